The van der Waals surface area contributed by atoms with Crippen LogP contribution in [0.3, 0.4) is 0 Å². The van der Waals surface area contributed by atoms with Crippen LogP contribution >= 0.6 is 11.8 Å². The number of hydrogen-bond donors (Lipinski definition) is 0. The molecule has 1 fully saturated rings. The number of ether oxygens (including phenoxy) is 1. The van der Waals surface area contributed by atoms with Gasteiger partial charge >= 0.3 is 6.18 Å². The summed E-state index contributed by atoms with van der Waals surface area (Å²) in [5.41, 5.74) is 2.03. The second kappa shape index (κ2) is 11.0. The topological polar surface area (TPSA) is 52.8 Å². The van der Waals surface area contributed by atoms with Gasteiger partial charge in [0.25, 0.3) is 0 Å². The second-order valence-corrected chi connectivity index (χ2v) is 10.5. The predicted molar refractivity (Wildman–Crippen MR) is 146 cm³/mol. The third-order valence-electron chi connectivity index (χ3n) is 6.89. The first-order valence-electron chi connectivity index (χ1n) is 12.9. The monoisotopic (exact) mass is 564 g/mol. The van der Waals surface area contributed by atoms with Gasteiger partial charge in [0.05, 0.1) is 29.4 Å². The van der Waals surface area contributed by atoms with E-state index in [0.717, 1.165) is 58.4 Å². The van der Waals surface area contributed by atoms with Crippen LogP contribution in [0.4, 0.5) is 17.6 Å². The molecule has 5 aromatic rings. The number of fused-ring (bicyclic) bond motifs is 1. The number of aromatic nitrogens is 4. The van der Waals surface area contributed by atoms with Gasteiger partial charge in [-0.15, -0.1) is 10.2 Å². The fraction of sp³-hybridized carbons (Fsp3) is 0.233. The Labute approximate surface area is 232 Å². The Morgan fingerprint density at radius 1 is 0.950 bits per heavy atom. The molecule has 2 aromatic heterocycles. The van der Waals surface area contributed by atoms with E-state index in [1.807, 2.05) is 65.2 Å². The van der Waals surface area contributed by atoms with Crippen LogP contribution in [0.5, 0.6) is 0 Å². The SMILES string of the molecule is Fc1c(CSc2nnc(-c3cc(-c4ccccc4)nc4ccccc34)n2CC2CCCO2)cccc1C(F)(F)F. The van der Waals surface area contributed by atoms with E-state index in [9.17, 15) is 17.6 Å². The van der Waals surface area contributed by atoms with Crippen LogP contribution in [0.25, 0.3) is 33.5 Å². The number of benzene rings is 3. The van der Waals surface area contributed by atoms with Gasteiger partial charge in [-0.05, 0) is 36.6 Å². The van der Waals surface area contributed by atoms with Gasteiger partial charge in [0.15, 0.2) is 11.0 Å². The van der Waals surface area contributed by atoms with E-state index in [4.69, 9.17) is 9.72 Å². The highest BCUT2D eigenvalue weighted by Gasteiger charge is 2.35. The number of hydrogen-bond acceptors (Lipinski definition) is 5. The summed E-state index contributed by atoms with van der Waals surface area (Å²) in [5, 5.41) is 10.3. The summed E-state index contributed by atoms with van der Waals surface area (Å²) in [4.78, 5) is 4.86. The Morgan fingerprint density at radius 2 is 1.75 bits per heavy atom. The first-order chi connectivity index (χ1) is 19.4. The number of alkyl halides is 3. The van der Waals surface area contributed by atoms with Crippen LogP contribution < -0.4 is 0 Å². The van der Waals surface area contributed by atoms with Crippen molar-refractivity contribution in [3.05, 3.63) is 95.8 Å². The van der Waals surface area contributed by atoms with Gasteiger partial charge in [0, 0.05) is 28.9 Å². The summed E-state index contributed by atoms with van der Waals surface area (Å²) in [5.74, 6) is -0.704. The van der Waals surface area contributed by atoms with Crippen LogP contribution in [0.15, 0.2) is 84.0 Å². The molecule has 1 atom stereocenters. The Balaban J connectivity index is 1.42. The average Bonchev–Trinajstić information content (AvgIpc) is 3.62. The lowest BCUT2D eigenvalue weighted by Gasteiger charge is -2.16. The van der Waals surface area contributed by atoms with E-state index < -0.39 is 17.6 Å². The van der Waals surface area contributed by atoms with Gasteiger partial charge in [-0.25, -0.2) is 9.37 Å². The molecule has 3 aromatic carbocycles. The Morgan fingerprint density at radius 3 is 2.52 bits per heavy atom. The van der Waals surface area contributed by atoms with Gasteiger partial charge in [-0.1, -0.05) is 72.4 Å². The van der Waals surface area contributed by atoms with Crippen molar-refractivity contribution in [1.29, 1.82) is 0 Å². The summed E-state index contributed by atoms with van der Waals surface area (Å²) >= 11 is 1.15. The third-order valence-corrected chi connectivity index (χ3v) is 7.91. The van der Waals surface area contributed by atoms with Crippen molar-refractivity contribution in [2.24, 2.45) is 0 Å². The fourth-order valence-corrected chi connectivity index (χ4v) is 5.84. The molecule has 0 amide bonds. The third kappa shape index (κ3) is 5.33. The highest BCUT2D eigenvalue weighted by molar-refractivity contribution is 7.98. The lowest BCUT2D eigenvalue weighted by Crippen LogP contribution is -2.17. The number of rotatable bonds is 7. The van der Waals surface area contributed by atoms with Gasteiger partial charge in [0.2, 0.25) is 0 Å². The number of para-hydroxylation sites is 1. The minimum absolute atomic E-state index is 0.0359. The normalized spacial score (nSPS) is 15.7. The van der Waals surface area contributed by atoms with Crippen molar-refractivity contribution >= 4 is 22.7 Å². The molecular weight excluding hydrogens is 540 g/mol. The van der Waals surface area contributed by atoms with Crippen LogP contribution in [0.2, 0.25) is 0 Å². The zero-order valence-electron chi connectivity index (χ0n) is 21.2. The smallest absolute Gasteiger partial charge is 0.376 e. The van der Waals surface area contributed by atoms with Crippen molar-refractivity contribution in [2.45, 2.75) is 42.6 Å². The summed E-state index contributed by atoms with van der Waals surface area (Å²) in [6.07, 6.45) is -3.01. The molecule has 0 saturated carbocycles. The summed E-state index contributed by atoms with van der Waals surface area (Å²) in [6.45, 7) is 1.13. The lowest BCUT2D eigenvalue weighted by molar-refractivity contribution is -0.140. The number of thioether (sulfide) groups is 1. The van der Waals surface area contributed by atoms with E-state index in [1.165, 1.54) is 12.1 Å². The molecular formula is C30H24F4N4OS. The van der Waals surface area contributed by atoms with E-state index in [1.54, 1.807) is 0 Å². The van der Waals surface area contributed by atoms with Gasteiger partial charge in [0.1, 0.15) is 5.82 Å². The fourth-order valence-electron chi connectivity index (χ4n) is 4.92. The number of pyridine rings is 1. The molecule has 0 bridgehead atoms. The van der Waals surface area contributed by atoms with Crippen molar-refractivity contribution in [1.82, 2.24) is 19.7 Å². The first kappa shape index (κ1) is 26.5. The molecule has 6 rings (SSSR count). The summed E-state index contributed by atoms with van der Waals surface area (Å²) < 4.78 is 62.4. The quantitative estimate of drug-likeness (QED) is 0.149. The molecule has 10 heteroatoms. The molecule has 1 aliphatic rings. The van der Waals surface area contributed by atoms with Gasteiger partial charge in [-0.3, -0.25) is 4.57 Å². The molecule has 204 valence electrons. The van der Waals surface area contributed by atoms with Crippen molar-refractivity contribution in [3.63, 3.8) is 0 Å². The molecule has 0 aliphatic carbocycles. The largest absolute Gasteiger partial charge is 0.419 e. The van der Waals surface area contributed by atoms with Crippen molar-refractivity contribution in [3.8, 4) is 22.6 Å². The molecule has 40 heavy (non-hydrogen) atoms. The molecule has 1 aliphatic heterocycles. The highest BCUT2D eigenvalue weighted by atomic mass is 32.2. The zero-order chi connectivity index (χ0) is 27.7. The molecule has 0 radical (unpaired) electrons. The maximum atomic E-state index is 14.7. The van der Waals surface area contributed by atoms with Crippen molar-refractivity contribution in [2.75, 3.05) is 6.61 Å². The Hall–Kier alpha value is -3.76. The molecule has 3 heterocycles. The highest BCUT2D eigenvalue weighted by Crippen LogP contribution is 2.36. The predicted octanol–water partition coefficient (Wildman–Crippen LogP) is 7.79. The Kier molecular flexibility index (Phi) is 7.29. The lowest BCUT2D eigenvalue weighted by atomic mass is 10.0. The Bertz CT molecular complexity index is 1650. The molecule has 1 unspecified atom stereocenters. The van der Waals surface area contributed by atoms with E-state index in [-0.39, 0.29) is 17.4 Å². The summed E-state index contributed by atoms with van der Waals surface area (Å²) in [6, 6.07) is 22.9. The van der Waals surface area contributed by atoms with Crippen LogP contribution in [0, 0.1) is 5.82 Å². The first-order valence-corrected chi connectivity index (χ1v) is 13.8. The van der Waals surface area contributed by atoms with E-state index in [2.05, 4.69) is 10.2 Å². The maximum absolute atomic E-state index is 14.7. The second-order valence-electron chi connectivity index (χ2n) is 9.56. The van der Waals surface area contributed by atoms with Crippen molar-refractivity contribution < 1.29 is 22.3 Å². The molecule has 5 nitrogen and oxygen atoms in total. The number of nitrogens with zero attached hydrogens (tertiary/aromatic N) is 4. The van der Waals surface area contributed by atoms with E-state index in [0.29, 0.717) is 24.1 Å². The van der Waals surface area contributed by atoms with Crippen LogP contribution in [-0.2, 0) is 23.2 Å². The maximum Gasteiger partial charge on any atom is 0.419 e. The van der Waals surface area contributed by atoms with Crippen LogP contribution in [0.1, 0.15) is 24.0 Å². The standard InChI is InChI=1S/C30H24F4N4OS/c31-27-20(10-6-13-24(27)30(32,33)34)18-40-29-37-36-28(38(29)17-21-11-7-15-39-21)23-16-26(19-8-2-1-3-9-19)35-25-14-5-4-12-22(23)25/h1-6,8-10,12-14,16,21H,7,11,15,17-18H2. The van der Waals surface area contributed by atoms with Gasteiger partial charge < -0.3 is 4.74 Å². The summed E-state index contributed by atoms with van der Waals surface area (Å²) in [7, 11) is 0. The number of halogens is 4. The van der Waals surface area contributed by atoms with Crippen LogP contribution in [-0.4, -0.2) is 32.5 Å². The average molecular weight is 565 g/mol. The minimum Gasteiger partial charge on any atom is -0.376 e. The van der Waals surface area contributed by atoms with E-state index >= 15 is 0 Å². The molecule has 0 N–H and O–H groups in total. The minimum atomic E-state index is -4.77. The molecule has 1 saturated heterocycles. The zero-order valence-corrected chi connectivity index (χ0v) is 22.1. The van der Waals surface area contributed by atoms with Gasteiger partial charge in [-0.2, -0.15) is 13.2 Å². The molecule has 0 spiro atoms.